The molecular weight excluding hydrogens is 299 g/mol. The van der Waals surface area contributed by atoms with Gasteiger partial charge >= 0.3 is 16.2 Å². The molecule has 0 aliphatic heterocycles. The van der Waals surface area contributed by atoms with Gasteiger partial charge in [0.25, 0.3) is 0 Å². The van der Waals surface area contributed by atoms with Crippen LogP contribution in [0.2, 0.25) is 0 Å². The van der Waals surface area contributed by atoms with Crippen molar-refractivity contribution in [1.29, 1.82) is 0 Å². The minimum Gasteiger partial charge on any atom is -0.494 e. The molecule has 0 atom stereocenters. The van der Waals surface area contributed by atoms with Crippen molar-refractivity contribution < 1.29 is 26.9 Å². The largest absolute Gasteiger partial charge is 0.494 e. The highest BCUT2D eigenvalue weighted by atomic mass is 32.3. The van der Waals surface area contributed by atoms with E-state index < -0.39 is 16.2 Å². The molecular formula is C14H17FO5S. The Morgan fingerprint density at radius 3 is 2.43 bits per heavy atom. The van der Waals surface area contributed by atoms with Crippen LogP contribution in [-0.2, 0) is 15.0 Å². The van der Waals surface area contributed by atoms with Gasteiger partial charge in [-0.05, 0) is 43.0 Å². The second-order valence-electron chi connectivity index (χ2n) is 4.40. The van der Waals surface area contributed by atoms with Gasteiger partial charge in [0, 0.05) is 6.42 Å². The van der Waals surface area contributed by atoms with Crippen LogP contribution in [0.15, 0.2) is 29.7 Å². The smallest absolute Gasteiger partial charge is 0.325 e. The van der Waals surface area contributed by atoms with E-state index in [1.165, 1.54) is 0 Å². The molecule has 0 heterocycles. The van der Waals surface area contributed by atoms with Crippen LogP contribution in [0.3, 0.4) is 0 Å². The van der Waals surface area contributed by atoms with Crippen LogP contribution in [0.25, 0.3) is 6.08 Å². The normalized spacial score (nSPS) is 11.7. The number of rotatable bonds is 9. The molecule has 1 aromatic carbocycles. The average molecular weight is 316 g/mol. The topological polar surface area (TPSA) is 80.7 Å². The quantitative estimate of drug-likeness (QED) is 0.559. The average Bonchev–Trinajstić information content (AvgIpc) is 2.40. The van der Waals surface area contributed by atoms with E-state index in [0.717, 1.165) is 18.9 Å². The van der Waals surface area contributed by atoms with Crippen LogP contribution in [0.4, 0.5) is 3.89 Å². The summed E-state index contributed by atoms with van der Waals surface area (Å²) in [5, 5.41) is 8.96. The predicted octanol–water partition coefficient (Wildman–Crippen LogP) is 2.98. The summed E-state index contributed by atoms with van der Waals surface area (Å²) in [6.07, 6.45) is 3.49. The molecule has 0 amide bonds. The number of unbranched alkanes of at least 4 members (excludes halogenated alkanes) is 2. The number of hydrogen-bond acceptors (Lipinski definition) is 4. The summed E-state index contributed by atoms with van der Waals surface area (Å²) in [4.78, 5) is 10.3. The maximum atomic E-state index is 12.3. The van der Waals surface area contributed by atoms with E-state index in [9.17, 15) is 17.1 Å². The molecule has 0 saturated heterocycles. The van der Waals surface area contributed by atoms with Crippen LogP contribution in [0.5, 0.6) is 5.75 Å². The Morgan fingerprint density at radius 2 is 1.86 bits per heavy atom. The minimum atomic E-state index is -4.62. The van der Waals surface area contributed by atoms with Gasteiger partial charge < -0.3 is 9.84 Å². The minimum absolute atomic E-state index is 0.165. The summed E-state index contributed by atoms with van der Waals surface area (Å²) >= 11 is 0. The molecule has 0 aliphatic rings. The summed E-state index contributed by atoms with van der Waals surface area (Å²) in [5.41, 5.74) is 0.546. The Labute approximate surface area is 123 Å². The van der Waals surface area contributed by atoms with Crippen molar-refractivity contribution in [2.24, 2.45) is 0 Å². The van der Waals surface area contributed by atoms with E-state index in [2.05, 4.69) is 0 Å². The number of halogens is 1. The van der Waals surface area contributed by atoms with Crippen molar-refractivity contribution in [3.63, 3.8) is 0 Å². The predicted molar refractivity (Wildman–Crippen MR) is 77.1 cm³/mol. The zero-order valence-electron chi connectivity index (χ0n) is 11.4. The van der Waals surface area contributed by atoms with Crippen LogP contribution >= 0.6 is 0 Å². The zero-order chi connectivity index (χ0) is 15.7. The standard InChI is InChI=1S/C14H17FO5S/c15-21(18,19)11-9-12-5-7-13(8-6-12)20-10-3-1-2-4-14(16)17/h5-9,11H,1-4,10H2,(H,16,17). The van der Waals surface area contributed by atoms with Gasteiger partial charge in [-0.15, -0.1) is 3.89 Å². The highest BCUT2D eigenvalue weighted by Crippen LogP contribution is 2.14. The molecule has 1 aromatic rings. The molecule has 1 N–H and O–H groups in total. The summed E-state index contributed by atoms with van der Waals surface area (Å²) in [7, 11) is -4.62. The summed E-state index contributed by atoms with van der Waals surface area (Å²) in [6, 6.07) is 6.53. The number of carboxylic acids is 1. The Morgan fingerprint density at radius 1 is 1.19 bits per heavy atom. The van der Waals surface area contributed by atoms with Gasteiger partial charge in [-0.3, -0.25) is 4.79 Å². The van der Waals surface area contributed by atoms with E-state index in [4.69, 9.17) is 9.84 Å². The van der Waals surface area contributed by atoms with E-state index in [-0.39, 0.29) is 6.42 Å². The zero-order valence-corrected chi connectivity index (χ0v) is 12.2. The van der Waals surface area contributed by atoms with E-state index >= 15 is 0 Å². The lowest BCUT2D eigenvalue weighted by molar-refractivity contribution is -0.137. The number of carboxylic acid groups (broad SMARTS) is 1. The fraction of sp³-hybridized carbons (Fsp3) is 0.357. The Balaban J connectivity index is 2.31. The molecule has 0 fully saturated rings. The number of benzene rings is 1. The Bertz CT molecular complexity index is 578. The molecule has 0 aliphatic carbocycles. The first-order valence-corrected chi connectivity index (χ1v) is 7.89. The second kappa shape index (κ2) is 8.41. The molecule has 0 aromatic heterocycles. The Kier molecular flexibility index (Phi) is 6.87. The fourth-order valence-electron chi connectivity index (χ4n) is 1.58. The maximum Gasteiger partial charge on any atom is 0.325 e. The molecule has 5 nitrogen and oxygen atoms in total. The number of aliphatic carboxylic acids is 1. The van der Waals surface area contributed by atoms with E-state index in [1.54, 1.807) is 24.3 Å². The highest BCUT2D eigenvalue weighted by molar-refractivity contribution is 7.89. The Hall–Kier alpha value is -1.89. The molecule has 0 saturated carbocycles. The monoisotopic (exact) mass is 316 g/mol. The summed E-state index contributed by atoms with van der Waals surface area (Å²) < 4.78 is 38.4. The van der Waals surface area contributed by atoms with Crippen LogP contribution in [0.1, 0.15) is 31.2 Å². The molecule has 0 bridgehead atoms. The van der Waals surface area contributed by atoms with Crippen molar-refractivity contribution >= 4 is 22.3 Å². The van der Waals surface area contributed by atoms with Crippen LogP contribution in [0, 0.1) is 0 Å². The van der Waals surface area contributed by atoms with Gasteiger partial charge in [0.1, 0.15) is 5.75 Å². The van der Waals surface area contributed by atoms with E-state index in [0.29, 0.717) is 29.7 Å². The SMILES string of the molecule is O=C(O)CCCCCOc1ccc(C=CS(=O)(=O)F)cc1. The third kappa shape index (κ3) is 8.80. The maximum absolute atomic E-state index is 12.3. The number of carbonyl (C=O) groups is 1. The van der Waals surface area contributed by atoms with Crippen LogP contribution in [-0.4, -0.2) is 26.1 Å². The second-order valence-corrected chi connectivity index (χ2v) is 5.62. The first kappa shape index (κ1) is 17.2. The molecule has 0 radical (unpaired) electrons. The molecule has 21 heavy (non-hydrogen) atoms. The van der Waals surface area contributed by atoms with Gasteiger partial charge in [-0.1, -0.05) is 12.1 Å². The molecule has 0 spiro atoms. The van der Waals surface area contributed by atoms with Crippen molar-refractivity contribution in [2.45, 2.75) is 25.7 Å². The third-order valence-electron chi connectivity index (χ3n) is 2.61. The summed E-state index contributed by atoms with van der Waals surface area (Å²) in [5.74, 6) is -0.177. The van der Waals surface area contributed by atoms with Crippen molar-refractivity contribution in [3.8, 4) is 5.75 Å². The molecule has 116 valence electrons. The molecule has 0 unspecified atom stereocenters. The third-order valence-corrected chi connectivity index (χ3v) is 3.07. The number of ether oxygens (including phenoxy) is 1. The lowest BCUT2D eigenvalue weighted by atomic mass is 10.2. The molecule has 1 rings (SSSR count). The fourth-order valence-corrected chi connectivity index (χ4v) is 1.90. The van der Waals surface area contributed by atoms with Crippen molar-refractivity contribution in [1.82, 2.24) is 0 Å². The van der Waals surface area contributed by atoms with Crippen molar-refractivity contribution in [2.75, 3.05) is 6.61 Å². The highest BCUT2D eigenvalue weighted by Gasteiger charge is 2.00. The first-order chi connectivity index (χ1) is 9.87. The van der Waals surface area contributed by atoms with Gasteiger partial charge in [-0.25, -0.2) is 0 Å². The lowest BCUT2D eigenvalue weighted by Crippen LogP contribution is -1.99. The van der Waals surface area contributed by atoms with Crippen LogP contribution < -0.4 is 4.74 Å². The molecule has 7 heteroatoms. The number of hydrogen-bond donors (Lipinski definition) is 1. The van der Waals surface area contributed by atoms with Gasteiger partial charge in [0.2, 0.25) is 0 Å². The summed E-state index contributed by atoms with van der Waals surface area (Å²) in [6.45, 7) is 0.480. The van der Waals surface area contributed by atoms with E-state index in [1.807, 2.05) is 0 Å². The first-order valence-electron chi connectivity index (χ1n) is 6.44. The van der Waals surface area contributed by atoms with Gasteiger partial charge in [-0.2, -0.15) is 8.42 Å². The van der Waals surface area contributed by atoms with Gasteiger partial charge in [0.05, 0.1) is 12.0 Å². The van der Waals surface area contributed by atoms with Crippen molar-refractivity contribution in [3.05, 3.63) is 35.2 Å². The van der Waals surface area contributed by atoms with Gasteiger partial charge in [0.15, 0.2) is 0 Å². The lowest BCUT2D eigenvalue weighted by Gasteiger charge is -2.06.